The molecule has 1 atom stereocenters. The fraction of sp³-hybridized carbons (Fsp3) is 0.857. The maximum Gasteiger partial charge on any atom is 0.328 e. The molecule has 0 aliphatic heterocycles. The molecule has 0 heterocycles. The first-order chi connectivity index (χ1) is 24.8. The van der Waals surface area contributed by atoms with Crippen LogP contribution in [-0.2, 0) is 19.1 Å². The van der Waals surface area contributed by atoms with Crippen LogP contribution < -0.4 is 16.8 Å². The van der Waals surface area contributed by atoms with E-state index in [1.807, 2.05) is 0 Å². The Labute approximate surface area is 314 Å². The number of nitrogens with zero attached hydrogens (tertiary/aromatic N) is 1. The number of aliphatic imine (C=N–C) groups is 1. The summed E-state index contributed by atoms with van der Waals surface area (Å²) in [6.07, 6.45) is 39.5. The molecule has 51 heavy (non-hydrogen) atoms. The molecule has 6 N–H and O–H groups in total. The summed E-state index contributed by atoms with van der Waals surface area (Å²) < 4.78 is 5.04. The lowest BCUT2D eigenvalue weighted by atomic mass is 10.1. The minimum absolute atomic E-state index is 0.0251. The highest BCUT2D eigenvalue weighted by Gasteiger charge is 2.21. The van der Waals surface area contributed by atoms with Gasteiger partial charge in [0, 0.05) is 19.4 Å². The summed E-state index contributed by atoms with van der Waals surface area (Å²) in [6, 6.07) is -0.634. The highest BCUT2D eigenvalue weighted by Crippen LogP contribution is 2.13. The smallest absolute Gasteiger partial charge is 0.328 e. The second kappa shape index (κ2) is 41.8. The number of hydrogen-bond acceptors (Lipinski definition) is 5. The fourth-order valence-corrected chi connectivity index (χ4v) is 5.91. The van der Waals surface area contributed by atoms with E-state index in [-0.39, 0.29) is 18.5 Å². The number of allylic oxidation sites excluding steroid dienone is 2. The SMILES string of the molecule is CCCCCCCC/C=C/CCCCCCCCCCCC(=O)O.CCCCCCCCCCCC(=O)N[C@@H](CCCN=C(N)N)C(=O)OCC. The number of guanidine groups is 1. The minimum Gasteiger partial charge on any atom is -0.481 e. The van der Waals surface area contributed by atoms with Crippen LogP contribution >= 0.6 is 0 Å². The van der Waals surface area contributed by atoms with Crippen molar-refractivity contribution in [3.8, 4) is 0 Å². The van der Waals surface area contributed by atoms with Crippen LogP contribution in [0.4, 0.5) is 0 Å². The summed E-state index contributed by atoms with van der Waals surface area (Å²) in [5.41, 5.74) is 10.6. The van der Waals surface area contributed by atoms with Gasteiger partial charge in [0.15, 0.2) is 5.96 Å². The highest BCUT2D eigenvalue weighted by molar-refractivity contribution is 5.84. The van der Waals surface area contributed by atoms with Crippen molar-refractivity contribution in [1.82, 2.24) is 5.32 Å². The first-order valence-corrected chi connectivity index (χ1v) is 21.2. The Morgan fingerprint density at radius 3 is 1.43 bits per heavy atom. The molecule has 0 rings (SSSR count). The van der Waals surface area contributed by atoms with Crippen molar-refractivity contribution in [3.63, 3.8) is 0 Å². The second-order valence-corrected chi connectivity index (χ2v) is 14.0. The zero-order valence-corrected chi connectivity index (χ0v) is 33.5. The monoisotopic (exact) mass is 723 g/mol. The van der Waals surface area contributed by atoms with Crippen LogP contribution in [0, 0.1) is 0 Å². The van der Waals surface area contributed by atoms with Crippen LogP contribution in [0.15, 0.2) is 17.1 Å². The van der Waals surface area contributed by atoms with E-state index in [9.17, 15) is 14.4 Å². The van der Waals surface area contributed by atoms with Crippen molar-refractivity contribution < 1.29 is 24.2 Å². The van der Waals surface area contributed by atoms with Crippen LogP contribution in [0.1, 0.15) is 213 Å². The van der Waals surface area contributed by atoms with Crippen molar-refractivity contribution in [2.45, 2.75) is 219 Å². The van der Waals surface area contributed by atoms with Crippen molar-refractivity contribution in [1.29, 1.82) is 0 Å². The van der Waals surface area contributed by atoms with Crippen LogP contribution in [0.5, 0.6) is 0 Å². The summed E-state index contributed by atoms with van der Waals surface area (Å²) in [6.45, 7) is 6.96. The minimum atomic E-state index is -0.656. The summed E-state index contributed by atoms with van der Waals surface area (Å²) in [5, 5.41) is 11.3. The number of esters is 1. The summed E-state index contributed by atoms with van der Waals surface area (Å²) in [4.78, 5) is 38.4. The molecular formula is C42H82N4O5. The maximum absolute atomic E-state index is 12.1. The molecule has 0 aromatic rings. The van der Waals surface area contributed by atoms with Gasteiger partial charge in [-0.2, -0.15) is 0 Å². The van der Waals surface area contributed by atoms with Crippen LogP contribution in [0.25, 0.3) is 0 Å². The van der Waals surface area contributed by atoms with Gasteiger partial charge < -0.3 is 26.6 Å². The lowest BCUT2D eigenvalue weighted by Gasteiger charge is -2.17. The fourth-order valence-electron chi connectivity index (χ4n) is 5.91. The Balaban J connectivity index is 0. The third kappa shape index (κ3) is 43.5. The zero-order valence-electron chi connectivity index (χ0n) is 33.5. The summed E-state index contributed by atoms with van der Waals surface area (Å²) in [5.74, 6) is -1.13. The molecule has 0 bridgehead atoms. The third-order valence-corrected chi connectivity index (χ3v) is 9.01. The summed E-state index contributed by atoms with van der Waals surface area (Å²) >= 11 is 0. The number of nitrogens with two attached hydrogens (primary N) is 2. The number of nitrogens with one attached hydrogen (secondary N) is 1. The number of carboxylic acids is 1. The Morgan fingerprint density at radius 2 is 1.02 bits per heavy atom. The van der Waals surface area contributed by atoms with Gasteiger partial charge in [-0.15, -0.1) is 0 Å². The molecule has 9 heteroatoms. The molecule has 0 spiro atoms. The number of aliphatic carboxylic acids is 1. The van der Waals surface area contributed by atoms with Gasteiger partial charge in [-0.1, -0.05) is 154 Å². The molecule has 300 valence electrons. The number of carboxylic acid groups (broad SMARTS) is 1. The molecule has 0 aromatic heterocycles. The van der Waals surface area contributed by atoms with E-state index in [2.05, 4.69) is 36.3 Å². The van der Waals surface area contributed by atoms with Gasteiger partial charge in [0.25, 0.3) is 0 Å². The van der Waals surface area contributed by atoms with E-state index in [0.717, 1.165) is 25.7 Å². The topological polar surface area (TPSA) is 157 Å². The van der Waals surface area contributed by atoms with Crippen LogP contribution in [-0.4, -0.2) is 48.1 Å². The molecular weight excluding hydrogens is 640 g/mol. The average Bonchev–Trinajstić information content (AvgIpc) is 3.10. The Kier molecular flexibility index (Phi) is 41.5. The molecule has 0 aliphatic rings. The maximum atomic E-state index is 12.1. The molecule has 9 nitrogen and oxygen atoms in total. The largest absolute Gasteiger partial charge is 0.481 e. The predicted molar refractivity (Wildman–Crippen MR) is 216 cm³/mol. The van der Waals surface area contributed by atoms with Crippen molar-refractivity contribution in [2.24, 2.45) is 16.5 Å². The van der Waals surface area contributed by atoms with Crippen molar-refractivity contribution in [3.05, 3.63) is 12.2 Å². The van der Waals surface area contributed by atoms with Gasteiger partial charge in [-0.25, -0.2) is 4.79 Å². The third-order valence-electron chi connectivity index (χ3n) is 9.01. The number of carbonyl (C=O) groups is 3. The Morgan fingerprint density at radius 1 is 0.608 bits per heavy atom. The van der Waals surface area contributed by atoms with Gasteiger partial charge in [0.2, 0.25) is 5.91 Å². The number of hydrogen-bond donors (Lipinski definition) is 4. The molecule has 0 radical (unpaired) electrons. The summed E-state index contributed by atoms with van der Waals surface area (Å²) in [7, 11) is 0. The Bertz CT molecular complexity index is 845. The van der Waals surface area contributed by atoms with E-state index in [1.165, 1.54) is 141 Å². The lowest BCUT2D eigenvalue weighted by molar-refractivity contribution is -0.147. The standard InChI is InChI=1S/C22H42O2.C20H40N4O3/c1-2-3-4-5-6-7-8-9-10-11-12-13-14-15-16-17-18-19-20-21-22(23)24;1-3-5-6-7-8-9-10-11-12-15-18(25)24-17(19(26)27-4-2)14-13-16-23-20(21)22/h9-10H,2-8,11-21H2,1H3,(H,23,24);17H,3-16H2,1-2H3,(H,24,25)(H4,21,22,23)/b10-9+;/t;17-/m.0/s1. The first kappa shape index (κ1) is 50.5. The Hall–Kier alpha value is -2.58. The highest BCUT2D eigenvalue weighted by atomic mass is 16.5. The molecule has 0 fully saturated rings. The molecule has 1 amide bonds. The average molecular weight is 723 g/mol. The van der Waals surface area contributed by atoms with Gasteiger partial charge in [-0.05, 0) is 58.3 Å². The van der Waals surface area contributed by atoms with Gasteiger partial charge >= 0.3 is 11.9 Å². The molecule has 0 unspecified atom stereocenters. The van der Waals surface area contributed by atoms with Crippen LogP contribution in [0.2, 0.25) is 0 Å². The molecule has 0 aliphatic carbocycles. The van der Waals surface area contributed by atoms with E-state index in [0.29, 0.717) is 32.2 Å². The molecule has 0 aromatic carbocycles. The first-order valence-electron chi connectivity index (χ1n) is 21.2. The van der Waals surface area contributed by atoms with Crippen molar-refractivity contribution >= 4 is 23.8 Å². The van der Waals surface area contributed by atoms with Crippen molar-refractivity contribution in [2.75, 3.05) is 13.2 Å². The van der Waals surface area contributed by atoms with E-state index < -0.39 is 18.0 Å². The van der Waals surface area contributed by atoms with E-state index in [4.69, 9.17) is 21.3 Å². The zero-order chi connectivity index (χ0) is 38.0. The van der Waals surface area contributed by atoms with Gasteiger partial charge in [0.05, 0.1) is 6.61 Å². The van der Waals surface area contributed by atoms with Crippen LogP contribution in [0.3, 0.4) is 0 Å². The van der Waals surface area contributed by atoms with E-state index in [1.54, 1.807) is 6.92 Å². The second-order valence-electron chi connectivity index (χ2n) is 14.0. The molecule has 0 saturated heterocycles. The number of ether oxygens (including phenoxy) is 1. The lowest BCUT2D eigenvalue weighted by Crippen LogP contribution is -2.42. The van der Waals surface area contributed by atoms with E-state index >= 15 is 0 Å². The quantitative estimate of drug-likeness (QED) is 0.0165. The van der Waals surface area contributed by atoms with Gasteiger partial charge in [0.1, 0.15) is 6.04 Å². The predicted octanol–water partition coefficient (Wildman–Crippen LogP) is 10.7. The molecule has 0 saturated carbocycles. The van der Waals surface area contributed by atoms with Gasteiger partial charge in [-0.3, -0.25) is 14.6 Å². The number of rotatable bonds is 36. The number of unbranched alkanes of at least 4 members (excludes halogenated alkanes) is 23. The normalized spacial score (nSPS) is 11.5. The number of carbonyl (C=O) groups excluding carboxylic acids is 2. The number of amides is 1.